The molecule has 1 unspecified atom stereocenters. The second-order valence-corrected chi connectivity index (χ2v) is 5.10. The lowest BCUT2D eigenvalue weighted by atomic mass is 9.97. The number of hydrogen-bond donors (Lipinski definition) is 1. The molecule has 0 aliphatic heterocycles. The summed E-state index contributed by atoms with van der Waals surface area (Å²) in [6.07, 6.45) is 1.54. The van der Waals surface area contributed by atoms with Crippen LogP contribution in [-0.4, -0.2) is 6.04 Å². The molecule has 1 aromatic carbocycles. The van der Waals surface area contributed by atoms with Gasteiger partial charge >= 0.3 is 0 Å². The highest BCUT2D eigenvalue weighted by molar-refractivity contribution is 9.10. The van der Waals surface area contributed by atoms with E-state index in [1.54, 1.807) is 0 Å². The molecule has 0 saturated carbocycles. The zero-order valence-electron chi connectivity index (χ0n) is 9.13. The quantitative estimate of drug-likeness (QED) is 0.893. The Kier molecular flexibility index (Phi) is 4.74. The van der Waals surface area contributed by atoms with Crippen molar-refractivity contribution in [1.82, 2.24) is 0 Å². The van der Waals surface area contributed by atoms with Crippen LogP contribution in [0.15, 0.2) is 22.7 Å². The number of hydrogen-bond acceptors (Lipinski definition) is 1. The van der Waals surface area contributed by atoms with Crippen LogP contribution in [0.25, 0.3) is 0 Å². The van der Waals surface area contributed by atoms with Crippen LogP contribution in [0.4, 0.5) is 4.39 Å². The fourth-order valence-corrected chi connectivity index (χ4v) is 1.71. The molecule has 0 bridgehead atoms. The number of rotatable bonds is 4. The molecule has 15 heavy (non-hydrogen) atoms. The summed E-state index contributed by atoms with van der Waals surface area (Å²) in [4.78, 5) is 0. The van der Waals surface area contributed by atoms with E-state index in [1.807, 2.05) is 12.1 Å². The number of benzene rings is 1. The van der Waals surface area contributed by atoms with Gasteiger partial charge in [0.2, 0.25) is 0 Å². The molecule has 0 fully saturated rings. The fraction of sp³-hybridized carbons (Fsp3) is 0.500. The highest BCUT2D eigenvalue weighted by Crippen LogP contribution is 2.17. The second-order valence-electron chi connectivity index (χ2n) is 4.18. The predicted octanol–water partition coefficient (Wildman–Crippen LogP) is 3.50. The van der Waals surface area contributed by atoms with E-state index >= 15 is 0 Å². The Morgan fingerprint density at radius 1 is 1.40 bits per heavy atom. The minimum Gasteiger partial charge on any atom is -0.327 e. The molecule has 1 aromatic rings. The van der Waals surface area contributed by atoms with Crippen molar-refractivity contribution >= 4 is 15.9 Å². The Morgan fingerprint density at radius 2 is 2.07 bits per heavy atom. The summed E-state index contributed by atoms with van der Waals surface area (Å²) >= 11 is 3.23. The van der Waals surface area contributed by atoms with Gasteiger partial charge in [0.1, 0.15) is 5.82 Å². The van der Waals surface area contributed by atoms with E-state index in [4.69, 9.17) is 5.73 Å². The van der Waals surface area contributed by atoms with Crippen molar-refractivity contribution in [1.29, 1.82) is 0 Å². The Balaban J connectivity index is 2.58. The summed E-state index contributed by atoms with van der Waals surface area (Å²) in [5.41, 5.74) is 6.66. The molecule has 0 amide bonds. The van der Waals surface area contributed by atoms with Crippen molar-refractivity contribution in [3.05, 3.63) is 34.1 Å². The first-order valence-electron chi connectivity index (χ1n) is 5.20. The van der Waals surface area contributed by atoms with Crippen molar-refractivity contribution in [3.8, 4) is 0 Å². The van der Waals surface area contributed by atoms with Gasteiger partial charge in [-0.1, -0.05) is 35.8 Å². The molecule has 0 aliphatic carbocycles. The lowest BCUT2D eigenvalue weighted by molar-refractivity contribution is 0.460. The zero-order chi connectivity index (χ0) is 11.4. The minimum atomic E-state index is -0.152. The molecule has 0 aliphatic rings. The third-order valence-corrected chi connectivity index (χ3v) is 3.11. The van der Waals surface area contributed by atoms with E-state index in [-0.39, 0.29) is 11.9 Å². The summed E-state index contributed by atoms with van der Waals surface area (Å²) in [7, 11) is 0. The van der Waals surface area contributed by atoms with Crippen LogP contribution in [0.2, 0.25) is 0 Å². The topological polar surface area (TPSA) is 26.0 Å². The fourth-order valence-electron chi connectivity index (χ4n) is 1.38. The van der Waals surface area contributed by atoms with Gasteiger partial charge in [-0.05, 0) is 36.5 Å². The maximum absolute atomic E-state index is 13.4. The second kappa shape index (κ2) is 5.61. The predicted molar refractivity (Wildman–Crippen MR) is 65.2 cm³/mol. The molecule has 2 N–H and O–H groups in total. The van der Waals surface area contributed by atoms with Gasteiger partial charge in [-0.2, -0.15) is 0 Å². The first kappa shape index (κ1) is 12.7. The van der Waals surface area contributed by atoms with E-state index in [2.05, 4.69) is 29.8 Å². The van der Waals surface area contributed by atoms with Crippen LogP contribution in [0, 0.1) is 11.7 Å². The SMILES string of the molecule is CC(C)C(N)CCc1ccc(Br)cc1F. The van der Waals surface area contributed by atoms with E-state index in [0.29, 0.717) is 12.3 Å². The average molecular weight is 274 g/mol. The van der Waals surface area contributed by atoms with Crippen molar-refractivity contribution in [2.24, 2.45) is 11.7 Å². The van der Waals surface area contributed by atoms with Crippen molar-refractivity contribution < 1.29 is 4.39 Å². The minimum absolute atomic E-state index is 0.146. The van der Waals surface area contributed by atoms with Gasteiger partial charge in [0.05, 0.1) is 0 Å². The van der Waals surface area contributed by atoms with Crippen molar-refractivity contribution in [3.63, 3.8) is 0 Å². The van der Waals surface area contributed by atoms with Crippen molar-refractivity contribution in [2.75, 3.05) is 0 Å². The van der Waals surface area contributed by atoms with Gasteiger partial charge in [-0.25, -0.2) is 4.39 Å². The van der Waals surface area contributed by atoms with Crippen LogP contribution >= 0.6 is 15.9 Å². The van der Waals surface area contributed by atoms with Gasteiger partial charge in [0.25, 0.3) is 0 Å². The molecular weight excluding hydrogens is 257 g/mol. The Morgan fingerprint density at radius 3 is 2.60 bits per heavy atom. The summed E-state index contributed by atoms with van der Waals surface area (Å²) in [5.74, 6) is 0.295. The maximum Gasteiger partial charge on any atom is 0.127 e. The Labute approximate surface area is 99.0 Å². The number of halogens is 2. The molecule has 0 aromatic heterocycles. The molecule has 0 radical (unpaired) electrons. The Hall–Kier alpha value is -0.410. The van der Waals surface area contributed by atoms with Crippen LogP contribution in [-0.2, 0) is 6.42 Å². The smallest absolute Gasteiger partial charge is 0.127 e. The average Bonchev–Trinajstić information content (AvgIpc) is 2.15. The molecule has 1 atom stereocenters. The largest absolute Gasteiger partial charge is 0.327 e. The van der Waals surface area contributed by atoms with Gasteiger partial charge < -0.3 is 5.73 Å². The lowest BCUT2D eigenvalue weighted by Crippen LogP contribution is -2.26. The summed E-state index contributed by atoms with van der Waals surface area (Å²) in [6, 6.07) is 5.31. The van der Waals surface area contributed by atoms with Gasteiger partial charge in [0.15, 0.2) is 0 Å². The molecule has 1 rings (SSSR count). The van der Waals surface area contributed by atoms with Crippen LogP contribution in [0.1, 0.15) is 25.8 Å². The van der Waals surface area contributed by atoms with E-state index < -0.39 is 0 Å². The standard InChI is InChI=1S/C12H17BrFN/c1-8(2)12(15)6-4-9-3-5-10(13)7-11(9)14/h3,5,7-8,12H,4,6,15H2,1-2H3. The molecule has 84 valence electrons. The van der Waals surface area contributed by atoms with Crippen molar-refractivity contribution in [2.45, 2.75) is 32.7 Å². The monoisotopic (exact) mass is 273 g/mol. The summed E-state index contributed by atoms with van der Waals surface area (Å²) < 4.78 is 14.2. The highest BCUT2D eigenvalue weighted by Gasteiger charge is 2.09. The number of aryl methyl sites for hydroxylation is 1. The molecule has 0 heterocycles. The lowest BCUT2D eigenvalue weighted by Gasteiger charge is -2.15. The molecule has 0 spiro atoms. The molecule has 3 heteroatoms. The van der Waals surface area contributed by atoms with Crippen LogP contribution in [0.3, 0.4) is 0 Å². The normalized spacial score (nSPS) is 13.2. The molecular formula is C12H17BrFN. The maximum atomic E-state index is 13.4. The van der Waals surface area contributed by atoms with Crippen LogP contribution < -0.4 is 5.73 Å². The zero-order valence-corrected chi connectivity index (χ0v) is 10.7. The first-order chi connectivity index (χ1) is 7.00. The highest BCUT2D eigenvalue weighted by atomic mass is 79.9. The van der Waals surface area contributed by atoms with E-state index in [1.165, 1.54) is 6.07 Å². The molecule has 0 saturated heterocycles. The van der Waals surface area contributed by atoms with Gasteiger partial charge in [-0.15, -0.1) is 0 Å². The first-order valence-corrected chi connectivity index (χ1v) is 5.99. The van der Waals surface area contributed by atoms with Crippen LogP contribution in [0.5, 0.6) is 0 Å². The molecule has 1 nitrogen and oxygen atoms in total. The third-order valence-electron chi connectivity index (χ3n) is 2.62. The van der Waals surface area contributed by atoms with E-state index in [0.717, 1.165) is 16.5 Å². The summed E-state index contributed by atoms with van der Waals surface area (Å²) in [6.45, 7) is 4.17. The van der Waals surface area contributed by atoms with Gasteiger partial charge in [0, 0.05) is 10.5 Å². The van der Waals surface area contributed by atoms with E-state index in [9.17, 15) is 4.39 Å². The van der Waals surface area contributed by atoms with Gasteiger partial charge in [-0.3, -0.25) is 0 Å². The third kappa shape index (κ3) is 3.92. The summed E-state index contributed by atoms with van der Waals surface area (Å²) in [5, 5.41) is 0. The number of nitrogens with two attached hydrogens (primary N) is 1. The Bertz CT molecular complexity index is 325.